The van der Waals surface area contributed by atoms with Gasteiger partial charge in [-0.05, 0) is 37.4 Å². The van der Waals surface area contributed by atoms with E-state index in [-0.39, 0.29) is 0 Å². The summed E-state index contributed by atoms with van der Waals surface area (Å²) in [7, 11) is 0. The molecule has 2 aromatic carbocycles. The first kappa shape index (κ1) is 13.6. The second-order valence-corrected chi connectivity index (χ2v) is 5.14. The van der Waals surface area contributed by atoms with Crippen LogP contribution in [0.4, 0.5) is 5.69 Å². The van der Waals surface area contributed by atoms with Gasteiger partial charge in [-0.2, -0.15) is 0 Å². The second kappa shape index (κ2) is 5.96. The maximum atomic E-state index is 4.58. The minimum absolute atomic E-state index is 1.03. The van der Waals surface area contributed by atoms with Crippen LogP contribution in [0.5, 0.6) is 0 Å². The summed E-state index contributed by atoms with van der Waals surface area (Å²) in [6.07, 6.45) is 1.96. The summed E-state index contributed by atoms with van der Waals surface area (Å²) in [4.78, 5) is 6.94. The molecule has 0 aliphatic heterocycles. The monoisotopic (exact) mass is 276 g/mol. The van der Waals surface area contributed by atoms with Crippen LogP contribution in [-0.2, 0) is 0 Å². The number of hydrogen-bond donors (Lipinski definition) is 0. The first-order valence-corrected chi connectivity index (χ1v) is 7.52. The Morgan fingerprint density at radius 3 is 2.33 bits per heavy atom. The van der Waals surface area contributed by atoms with Gasteiger partial charge in [-0.1, -0.05) is 36.4 Å². The van der Waals surface area contributed by atoms with E-state index in [9.17, 15) is 0 Å². The maximum Gasteiger partial charge on any atom is 0.0708 e. The Labute approximate surface area is 126 Å². The third-order valence-corrected chi connectivity index (χ3v) is 3.90. The maximum absolute atomic E-state index is 4.58. The molecule has 1 heterocycles. The number of nitrogens with zero attached hydrogens (tertiary/aromatic N) is 2. The van der Waals surface area contributed by atoms with Crippen LogP contribution in [0.1, 0.15) is 13.8 Å². The molecule has 2 heteroatoms. The molecular formula is C19H20N2. The Hall–Kier alpha value is -2.35. The number of fused-ring (bicyclic) bond motifs is 1. The first-order valence-electron chi connectivity index (χ1n) is 7.52. The van der Waals surface area contributed by atoms with Crippen LogP contribution in [-0.4, -0.2) is 18.1 Å². The highest BCUT2D eigenvalue weighted by Crippen LogP contribution is 2.25. The van der Waals surface area contributed by atoms with Crippen molar-refractivity contribution in [3.63, 3.8) is 0 Å². The lowest BCUT2D eigenvalue weighted by molar-refractivity contribution is 0.867. The van der Waals surface area contributed by atoms with Crippen LogP contribution < -0.4 is 4.90 Å². The zero-order valence-electron chi connectivity index (χ0n) is 12.6. The van der Waals surface area contributed by atoms with Gasteiger partial charge in [-0.15, -0.1) is 0 Å². The zero-order chi connectivity index (χ0) is 14.7. The van der Waals surface area contributed by atoms with Crippen molar-refractivity contribution in [2.24, 2.45) is 0 Å². The van der Waals surface area contributed by atoms with E-state index in [1.54, 1.807) is 0 Å². The first-order chi connectivity index (χ1) is 10.3. The summed E-state index contributed by atoms with van der Waals surface area (Å²) in [6.45, 7) is 6.43. The van der Waals surface area contributed by atoms with Crippen LogP contribution in [0.3, 0.4) is 0 Å². The minimum Gasteiger partial charge on any atom is -0.372 e. The van der Waals surface area contributed by atoms with Gasteiger partial charge >= 0.3 is 0 Å². The van der Waals surface area contributed by atoms with Crippen LogP contribution in [0, 0.1) is 0 Å². The summed E-state index contributed by atoms with van der Waals surface area (Å²) in [5.74, 6) is 0. The average Bonchev–Trinajstić information content (AvgIpc) is 2.56. The fourth-order valence-corrected chi connectivity index (χ4v) is 2.68. The zero-order valence-corrected chi connectivity index (χ0v) is 12.6. The molecule has 0 unspecified atom stereocenters. The predicted molar refractivity (Wildman–Crippen MR) is 90.7 cm³/mol. The van der Waals surface area contributed by atoms with Crippen molar-refractivity contribution in [2.45, 2.75) is 13.8 Å². The number of anilines is 1. The lowest BCUT2D eigenvalue weighted by Gasteiger charge is -2.21. The normalized spacial score (nSPS) is 10.8. The van der Waals surface area contributed by atoms with Gasteiger partial charge in [0.05, 0.1) is 5.69 Å². The fourth-order valence-electron chi connectivity index (χ4n) is 2.68. The number of benzene rings is 2. The standard InChI is InChI=1S/C19H20N2/c1-3-21(4-2)18-11-10-16-14-20-19(13-17(16)12-18)15-8-6-5-7-9-15/h5-14H,3-4H2,1-2H3. The van der Waals surface area contributed by atoms with Crippen molar-refractivity contribution in [3.8, 4) is 11.3 Å². The molecule has 21 heavy (non-hydrogen) atoms. The van der Waals surface area contributed by atoms with Crippen molar-refractivity contribution in [2.75, 3.05) is 18.0 Å². The molecule has 0 radical (unpaired) electrons. The van der Waals surface area contributed by atoms with Crippen molar-refractivity contribution < 1.29 is 0 Å². The van der Waals surface area contributed by atoms with E-state index < -0.39 is 0 Å². The lowest BCUT2D eigenvalue weighted by Crippen LogP contribution is -2.21. The highest BCUT2D eigenvalue weighted by molar-refractivity contribution is 5.88. The van der Waals surface area contributed by atoms with E-state index >= 15 is 0 Å². The summed E-state index contributed by atoms with van der Waals surface area (Å²) in [5, 5.41) is 2.43. The Kier molecular flexibility index (Phi) is 3.87. The molecule has 0 atom stereocenters. The molecule has 0 amide bonds. The molecule has 0 aliphatic carbocycles. The molecule has 0 N–H and O–H groups in total. The molecule has 1 aromatic heterocycles. The van der Waals surface area contributed by atoms with Gasteiger partial charge < -0.3 is 4.90 Å². The Morgan fingerprint density at radius 1 is 0.857 bits per heavy atom. The summed E-state index contributed by atoms with van der Waals surface area (Å²) in [6, 6.07) is 19.1. The van der Waals surface area contributed by atoms with Gasteiger partial charge in [0.1, 0.15) is 0 Å². The Bertz CT molecular complexity index is 731. The van der Waals surface area contributed by atoms with E-state index in [0.29, 0.717) is 0 Å². The van der Waals surface area contributed by atoms with Crippen LogP contribution in [0.25, 0.3) is 22.0 Å². The number of pyridine rings is 1. The molecule has 2 nitrogen and oxygen atoms in total. The number of aromatic nitrogens is 1. The molecule has 0 saturated carbocycles. The molecule has 106 valence electrons. The summed E-state index contributed by atoms with van der Waals surface area (Å²) < 4.78 is 0. The van der Waals surface area contributed by atoms with E-state index in [4.69, 9.17) is 0 Å². The lowest BCUT2D eigenvalue weighted by atomic mass is 10.1. The third-order valence-electron chi connectivity index (χ3n) is 3.90. The second-order valence-electron chi connectivity index (χ2n) is 5.14. The molecule has 0 bridgehead atoms. The van der Waals surface area contributed by atoms with E-state index in [1.165, 1.54) is 16.5 Å². The largest absolute Gasteiger partial charge is 0.372 e. The summed E-state index contributed by atoms with van der Waals surface area (Å²) >= 11 is 0. The average molecular weight is 276 g/mol. The Morgan fingerprint density at radius 2 is 1.62 bits per heavy atom. The number of hydrogen-bond acceptors (Lipinski definition) is 2. The van der Waals surface area contributed by atoms with Crippen LogP contribution in [0.2, 0.25) is 0 Å². The topological polar surface area (TPSA) is 16.1 Å². The van der Waals surface area contributed by atoms with Crippen molar-refractivity contribution in [1.82, 2.24) is 4.98 Å². The fraction of sp³-hybridized carbons (Fsp3) is 0.211. The van der Waals surface area contributed by atoms with E-state index in [1.807, 2.05) is 24.4 Å². The molecule has 3 aromatic rings. The van der Waals surface area contributed by atoms with Gasteiger partial charge in [0, 0.05) is 35.9 Å². The Balaban J connectivity index is 2.07. The summed E-state index contributed by atoms with van der Waals surface area (Å²) in [5.41, 5.74) is 3.46. The smallest absolute Gasteiger partial charge is 0.0708 e. The van der Waals surface area contributed by atoms with Gasteiger partial charge in [-0.25, -0.2) is 0 Å². The number of rotatable bonds is 4. The van der Waals surface area contributed by atoms with Crippen molar-refractivity contribution in [3.05, 3.63) is 60.8 Å². The predicted octanol–water partition coefficient (Wildman–Crippen LogP) is 4.75. The van der Waals surface area contributed by atoms with Crippen molar-refractivity contribution >= 4 is 16.5 Å². The van der Waals surface area contributed by atoms with Gasteiger partial charge in [0.15, 0.2) is 0 Å². The molecule has 0 aliphatic rings. The SMILES string of the molecule is CCN(CC)c1ccc2cnc(-c3ccccc3)cc2c1. The highest BCUT2D eigenvalue weighted by Gasteiger charge is 2.05. The van der Waals surface area contributed by atoms with Gasteiger partial charge in [0.25, 0.3) is 0 Å². The van der Waals surface area contributed by atoms with E-state index in [2.05, 4.69) is 60.1 Å². The molecule has 0 spiro atoms. The highest BCUT2D eigenvalue weighted by atomic mass is 15.1. The quantitative estimate of drug-likeness (QED) is 0.683. The molecule has 3 rings (SSSR count). The minimum atomic E-state index is 1.03. The molecular weight excluding hydrogens is 256 g/mol. The van der Waals surface area contributed by atoms with Crippen LogP contribution in [0.15, 0.2) is 60.8 Å². The molecule has 0 fully saturated rings. The van der Waals surface area contributed by atoms with Gasteiger partial charge in [0.2, 0.25) is 0 Å². The van der Waals surface area contributed by atoms with Gasteiger partial charge in [-0.3, -0.25) is 4.98 Å². The van der Waals surface area contributed by atoms with Crippen molar-refractivity contribution in [1.29, 1.82) is 0 Å². The molecule has 0 saturated heterocycles. The van der Waals surface area contributed by atoms with Crippen LogP contribution >= 0.6 is 0 Å². The van der Waals surface area contributed by atoms with E-state index in [0.717, 1.165) is 24.3 Å². The third kappa shape index (κ3) is 2.75.